The number of rotatable bonds is 7. The van der Waals surface area contributed by atoms with Gasteiger partial charge in [0.05, 0.1) is 5.25 Å². The highest BCUT2D eigenvalue weighted by molar-refractivity contribution is 8.00. The van der Waals surface area contributed by atoms with Crippen LogP contribution in [0, 0.1) is 0 Å². The molecule has 1 atom stereocenters. The van der Waals surface area contributed by atoms with Crippen molar-refractivity contribution < 1.29 is 19.2 Å². The Kier molecular flexibility index (Phi) is 7.24. The van der Waals surface area contributed by atoms with Crippen LogP contribution in [0.2, 0.25) is 0 Å². The van der Waals surface area contributed by atoms with Crippen molar-refractivity contribution in [2.45, 2.75) is 16.6 Å². The fourth-order valence-corrected chi connectivity index (χ4v) is 5.02. The van der Waals surface area contributed by atoms with Crippen LogP contribution in [0.3, 0.4) is 0 Å². The van der Waals surface area contributed by atoms with Crippen LogP contribution in [0.25, 0.3) is 6.08 Å². The number of imide groups is 1. The van der Waals surface area contributed by atoms with Crippen LogP contribution >= 0.6 is 23.1 Å². The van der Waals surface area contributed by atoms with E-state index in [0.717, 1.165) is 14.7 Å². The number of amides is 4. The van der Waals surface area contributed by atoms with Crippen LogP contribution in [-0.4, -0.2) is 40.8 Å². The van der Waals surface area contributed by atoms with E-state index in [0.29, 0.717) is 11.3 Å². The van der Waals surface area contributed by atoms with Gasteiger partial charge in [-0.3, -0.25) is 24.1 Å². The molecule has 4 amide bonds. The van der Waals surface area contributed by atoms with Crippen molar-refractivity contribution in [1.29, 1.82) is 0 Å². The Bertz CT molecular complexity index is 1240. The molecule has 1 saturated heterocycles. The predicted octanol–water partition coefficient (Wildman–Crippen LogP) is 4.01. The molecule has 0 radical (unpaired) electrons. The fourth-order valence-electron chi connectivity index (χ4n) is 3.25. The minimum Gasteiger partial charge on any atom is -0.321 e. The average molecular weight is 492 g/mol. The van der Waals surface area contributed by atoms with E-state index in [1.807, 2.05) is 23.6 Å². The lowest BCUT2D eigenvalue weighted by Crippen LogP contribution is -2.30. The molecule has 2 N–H and O–H groups in total. The summed E-state index contributed by atoms with van der Waals surface area (Å²) in [5.74, 6) is -1.23. The number of likely N-dealkylation sites (tertiary alicyclic amines) is 1. The number of thioether (sulfide) groups is 1. The summed E-state index contributed by atoms with van der Waals surface area (Å²) in [6.07, 6.45) is 1.81. The van der Waals surface area contributed by atoms with E-state index in [2.05, 4.69) is 10.6 Å². The number of hydrogen-bond acceptors (Lipinski definition) is 6. The molecule has 0 aliphatic carbocycles. The van der Waals surface area contributed by atoms with Crippen LogP contribution in [0.4, 0.5) is 5.69 Å². The third-order valence-electron chi connectivity index (χ3n) is 5.09. The molecule has 3 aromatic rings. The summed E-state index contributed by atoms with van der Waals surface area (Å²) in [4.78, 5) is 52.3. The Balaban J connectivity index is 1.45. The lowest BCUT2D eigenvalue weighted by Gasteiger charge is -2.12. The molecule has 1 fully saturated rings. The van der Waals surface area contributed by atoms with Gasteiger partial charge in [0.1, 0.15) is 5.70 Å². The van der Waals surface area contributed by atoms with E-state index in [-0.39, 0.29) is 29.8 Å². The Morgan fingerprint density at radius 3 is 2.38 bits per heavy atom. The highest BCUT2D eigenvalue weighted by Gasteiger charge is 2.36. The van der Waals surface area contributed by atoms with Crippen molar-refractivity contribution in [3.8, 4) is 0 Å². The maximum absolute atomic E-state index is 13.0. The van der Waals surface area contributed by atoms with Crippen molar-refractivity contribution in [2.24, 2.45) is 0 Å². The van der Waals surface area contributed by atoms with Gasteiger partial charge in [0.15, 0.2) is 0 Å². The fraction of sp³-hybridized carbons (Fsp3) is 0.120. The van der Waals surface area contributed by atoms with Crippen LogP contribution in [0.5, 0.6) is 0 Å². The molecule has 0 bridgehead atoms. The second-order valence-corrected chi connectivity index (χ2v) is 9.73. The Morgan fingerprint density at radius 1 is 1.03 bits per heavy atom. The predicted molar refractivity (Wildman–Crippen MR) is 133 cm³/mol. The molecule has 1 unspecified atom stereocenters. The van der Waals surface area contributed by atoms with Crippen molar-refractivity contribution in [3.63, 3.8) is 0 Å². The van der Waals surface area contributed by atoms with Crippen molar-refractivity contribution in [3.05, 3.63) is 88.2 Å². The number of carbonyl (C=O) groups is 4. The monoisotopic (exact) mass is 491 g/mol. The lowest BCUT2D eigenvalue weighted by molar-refractivity contribution is -0.136. The quantitative estimate of drug-likeness (QED) is 0.385. The molecule has 2 heterocycles. The third-order valence-corrected chi connectivity index (χ3v) is 7.11. The highest BCUT2D eigenvalue weighted by atomic mass is 32.2. The first-order valence-electron chi connectivity index (χ1n) is 10.4. The number of hydrogen-bond donors (Lipinski definition) is 2. The van der Waals surface area contributed by atoms with Crippen LogP contribution in [0.1, 0.15) is 21.7 Å². The summed E-state index contributed by atoms with van der Waals surface area (Å²) in [7, 11) is 1.49. The van der Waals surface area contributed by atoms with Gasteiger partial charge in [-0.25, -0.2) is 0 Å². The summed E-state index contributed by atoms with van der Waals surface area (Å²) >= 11 is 2.77. The van der Waals surface area contributed by atoms with Gasteiger partial charge in [0, 0.05) is 34.5 Å². The molecule has 4 rings (SSSR count). The van der Waals surface area contributed by atoms with E-state index >= 15 is 0 Å². The van der Waals surface area contributed by atoms with Gasteiger partial charge >= 0.3 is 0 Å². The number of nitrogens with zero attached hydrogens (tertiary/aromatic N) is 1. The number of benzene rings is 2. The molecule has 0 spiro atoms. The van der Waals surface area contributed by atoms with E-state index in [1.54, 1.807) is 54.6 Å². The van der Waals surface area contributed by atoms with E-state index in [9.17, 15) is 19.2 Å². The lowest BCUT2D eigenvalue weighted by atomic mass is 10.2. The summed E-state index contributed by atoms with van der Waals surface area (Å²) in [6, 6.07) is 19.4. The molecule has 1 aromatic heterocycles. The Morgan fingerprint density at radius 2 is 1.76 bits per heavy atom. The summed E-state index contributed by atoms with van der Waals surface area (Å²) < 4.78 is 0. The van der Waals surface area contributed by atoms with E-state index in [4.69, 9.17) is 0 Å². The first kappa shape index (κ1) is 23.5. The minimum atomic E-state index is -0.462. The minimum absolute atomic E-state index is 0.118. The van der Waals surface area contributed by atoms with Gasteiger partial charge in [-0.05, 0) is 53.9 Å². The Labute approximate surface area is 204 Å². The number of carbonyl (C=O) groups excluding carboxylic acids is 4. The molecule has 1 aliphatic rings. The van der Waals surface area contributed by atoms with Crippen molar-refractivity contribution >= 4 is 58.5 Å². The van der Waals surface area contributed by atoms with Crippen LogP contribution in [-0.2, 0) is 14.4 Å². The van der Waals surface area contributed by atoms with Crippen molar-refractivity contribution in [1.82, 2.24) is 10.2 Å². The second-order valence-electron chi connectivity index (χ2n) is 7.47. The zero-order valence-electron chi connectivity index (χ0n) is 18.2. The smallest absolute Gasteiger partial charge is 0.272 e. The average Bonchev–Trinajstić information content (AvgIpc) is 3.44. The molecular formula is C25H21N3O4S2. The molecule has 1 aliphatic heterocycles. The summed E-state index contributed by atoms with van der Waals surface area (Å²) in [5, 5.41) is 6.95. The number of nitrogens with one attached hydrogen (secondary N) is 2. The highest BCUT2D eigenvalue weighted by Crippen LogP contribution is 2.31. The van der Waals surface area contributed by atoms with Gasteiger partial charge < -0.3 is 10.6 Å². The maximum atomic E-state index is 13.0. The normalized spacial score (nSPS) is 16.0. The third kappa shape index (κ3) is 5.62. The first-order valence-corrected chi connectivity index (χ1v) is 12.2. The molecule has 7 nitrogen and oxygen atoms in total. The largest absolute Gasteiger partial charge is 0.321 e. The van der Waals surface area contributed by atoms with Crippen molar-refractivity contribution in [2.75, 3.05) is 12.4 Å². The van der Waals surface area contributed by atoms with Gasteiger partial charge in [0.2, 0.25) is 11.8 Å². The molecule has 172 valence electrons. The van der Waals surface area contributed by atoms with E-state index in [1.165, 1.54) is 30.1 Å². The Hall–Kier alpha value is -3.69. The van der Waals surface area contributed by atoms with Crippen LogP contribution in [0.15, 0.2) is 82.7 Å². The molecule has 0 saturated carbocycles. The summed E-state index contributed by atoms with van der Waals surface area (Å²) in [5.41, 5.74) is 1.10. The topological polar surface area (TPSA) is 95.6 Å². The number of anilines is 1. The zero-order chi connectivity index (χ0) is 24.1. The van der Waals surface area contributed by atoms with Gasteiger partial charge in [-0.15, -0.1) is 23.1 Å². The molecule has 34 heavy (non-hydrogen) atoms. The van der Waals surface area contributed by atoms with Crippen LogP contribution < -0.4 is 10.6 Å². The molecule has 2 aromatic carbocycles. The van der Waals surface area contributed by atoms with Gasteiger partial charge in [0.25, 0.3) is 11.8 Å². The van der Waals surface area contributed by atoms with Gasteiger partial charge in [-0.2, -0.15) is 0 Å². The van der Waals surface area contributed by atoms with E-state index < -0.39 is 11.2 Å². The first-order chi connectivity index (χ1) is 16.4. The molecular weight excluding hydrogens is 470 g/mol. The maximum Gasteiger partial charge on any atom is 0.272 e. The summed E-state index contributed by atoms with van der Waals surface area (Å²) in [6.45, 7) is 0. The zero-order valence-corrected chi connectivity index (χ0v) is 19.8. The molecule has 9 heteroatoms. The number of thiophene rings is 1. The SMILES string of the molecule is CN1C(=O)CC(Sc2ccc(NC(=O)/C(=C/c3cccs3)NC(=O)c3ccccc3)cc2)C1=O. The second kappa shape index (κ2) is 10.5. The van der Waals surface area contributed by atoms with Gasteiger partial charge in [-0.1, -0.05) is 24.3 Å². The standard InChI is InChI=1S/C25H21N3O4S2/c1-28-22(29)15-21(25(28)32)34-18-11-9-17(10-12-18)26-24(31)20(14-19-8-5-13-33-19)27-23(30)16-6-3-2-4-7-16/h2-14,21H,15H2,1H3,(H,26,31)(H,27,30)/b20-14-.